The van der Waals surface area contributed by atoms with Crippen LogP contribution in [0.1, 0.15) is 67.9 Å². The second kappa shape index (κ2) is 12.1. The van der Waals surface area contributed by atoms with E-state index in [2.05, 4.69) is 10.3 Å². The molecule has 0 saturated carbocycles. The van der Waals surface area contributed by atoms with E-state index in [1.54, 1.807) is 4.90 Å². The molecule has 1 atom stereocenters. The molecule has 4 rings (SSSR count). The molecule has 0 bridgehead atoms. The number of benzene rings is 2. The van der Waals surface area contributed by atoms with E-state index in [4.69, 9.17) is 13.9 Å². The van der Waals surface area contributed by atoms with Crippen LogP contribution in [0.4, 0.5) is 4.79 Å². The van der Waals surface area contributed by atoms with Crippen molar-refractivity contribution >= 4 is 12.0 Å². The summed E-state index contributed by atoms with van der Waals surface area (Å²) in [7, 11) is 0. The maximum Gasteiger partial charge on any atom is 0.408 e. The summed E-state index contributed by atoms with van der Waals surface area (Å²) in [6, 6.07) is 18.0. The Kier molecular flexibility index (Phi) is 8.61. The molecule has 196 valence electrons. The summed E-state index contributed by atoms with van der Waals surface area (Å²) >= 11 is 0. The van der Waals surface area contributed by atoms with Crippen LogP contribution in [0, 0.1) is 0 Å². The second-order valence-corrected chi connectivity index (χ2v) is 10.1. The normalized spacial score (nSPS) is 14.7. The lowest BCUT2D eigenvalue weighted by atomic mass is 10.1. The van der Waals surface area contributed by atoms with Gasteiger partial charge in [0, 0.05) is 18.7 Å². The predicted molar refractivity (Wildman–Crippen MR) is 140 cm³/mol. The van der Waals surface area contributed by atoms with E-state index in [-0.39, 0.29) is 30.6 Å². The molecule has 8 nitrogen and oxygen atoms in total. The minimum atomic E-state index is -0.781. The number of carbonyl (C=O) groups is 2. The maximum absolute atomic E-state index is 13.6. The van der Waals surface area contributed by atoms with Crippen molar-refractivity contribution in [3.8, 4) is 11.5 Å². The Morgan fingerprint density at radius 1 is 1.00 bits per heavy atom. The summed E-state index contributed by atoms with van der Waals surface area (Å²) in [4.78, 5) is 32.8. The number of nitrogens with one attached hydrogen (secondary N) is 1. The molecule has 1 aliphatic heterocycles. The molecule has 2 heterocycles. The van der Waals surface area contributed by atoms with Crippen LogP contribution in [0.2, 0.25) is 0 Å². The molecule has 1 aromatic heterocycles. The Morgan fingerprint density at radius 3 is 2.30 bits per heavy atom. The summed E-state index contributed by atoms with van der Waals surface area (Å²) in [6.07, 6.45) is 2.36. The van der Waals surface area contributed by atoms with Crippen molar-refractivity contribution in [2.45, 2.75) is 58.3 Å². The SMILES string of the molecule is CC(C)(C)OCC(NC(=O)OCc1ccccc1)c1oc(-c2ccccc2)nc1C(=O)N1CCCCC1. The van der Waals surface area contributed by atoms with E-state index >= 15 is 0 Å². The summed E-state index contributed by atoms with van der Waals surface area (Å²) in [5.74, 6) is 0.368. The number of piperidine rings is 1. The zero-order valence-electron chi connectivity index (χ0n) is 21.7. The molecule has 37 heavy (non-hydrogen) atoms. The molecule has 1 unspecified atom stereocenters. The number of aromatic nitrogens is 1. The third kappa shape index (κ3) is 7.43. The standard InChI is InChI=1S/C29H35N3O5/c1-29(2,3)36-20-23(30-28(34)35-19-21-13-7-4-8-14-21)25-24(27(33)32-17-11-6-12-18-32)31-26(37-25)22-15-9-5-10-16-22/h4-5,7-10,13-16,23H,6,11-12,17-20H2,1-3H3,(H,30,34). The largest absolute Gasteiger partial charge is 0.445 e. The molecule has 1 saturated heterocycles. The van der Waals surface area contributed by atoms with Gasteiger partial charge in [0.2, 0.25) is 5.89 Å². The fraction of sp³-hybridized carbons (Fsp3) is 0.414. The number of likely N-dealkylation sites (tertiary alicyclic amines) is 1. The molecule has 1 N–H and O–H groups in total. The van der Waals surface area contributed by atoms with E-state index in [1.165, 1.54) is 0 Å². The predicted octanol–water partition coefficient (Wildman–Crippen LogP) is 5.75. The minimum absolute atomic E-state index is 0.0770. The van der Waals surface area contributed by atoms with Gasteiger partial charge in [-0.25, -0.2) is 9.78 Å². The number of nitrogens with zero attached hydrogens (tertiary/aromatic N) is 2. The molecule has 0 aliphatic carbocycles. The van der Waals surface area contributed by atoms with Crippen LogP contribution in [0.15, 0.2) is 65.1 Å². The molecule has 1 aliphatic rings. The number of amides is 2. The van der Waals surface area contributed by atoms with Crippen LogP contribution in [-0.4, -0.2) is 47.2 Å². The van der Waals surface area contributed by atoms with Crippen molar-refractivity contribution < 1.29 is 23.5 Å². The quantitative estimate of drug-likeness (QED) is 0.419. The van der Waals surface area contributed by atoms with Crippen molar-refractivity contribution in [1.29, 1.82) is 0 Å². The van der Waals surface area contributed by atoms with Gasteiger partial charge in [-0.05, 0) is 57.7 Å². The van der Waals surface area contributed by atoms with Crippen LogP contribution in [0.25, 0.3) is 11.5 Å². The highest BCUT2D eigenvalue weighted by atomic mass is 16.5. The highest BCUT2D eigenvalue weighted by Gasteiger charge is 2.33. The summed E-state index contributed by atoms with van der Waals surface area (Å²) in [5.41, 5.74) is 1.31. The van der Waals surface area contributed by atoms with Crippen LogP contribution < -0.4 is 5.32 Å². The molecule has 0 radical (unpaired) electrons. The first-order valence-corrected chi connectivity index (χ1v) is 12.8. The average molecular weight is 506 g/mol. The number of rotatable bonds is 8. The molecule has 2 amide bonds. The van der Waals surface area contributed by atoms with Gasteiger partial charge in [0.05, 0.1) is 12.2 Å². The van der Waals surface area contributed by atoms with Crippen molar-refractivity contribution in [3.63, 3.8) is 0 Å². The maximum atomic E-state index is 13.6. The minimum Gasteiger partial charge on any atom is -0.445 e. The Hall–Kier alpha value is -3.65. The number of hydrogen-bond acceptors (Lipinski definition) is 6. The van der Waals surface area contributed by atoms with E-state index < -0.39 is 17.7 Å². The van der Waals surface area contributed by atoms with Crippen LogP contribution in [0.3, 0.4) is 0 Å². The van der Waals surface area contributed by atoms with Crippen LogP contribution in [0.5, 0.6) is 0 Å². The zero-order valence-corrected chi connectivity index (χ0v) is 21.7. The highest BCUT2D eigenvalue weighted by Crippen LogP contribution is 2.29. The fourth-order valence-electron chi connectivity index (χ4n) is 4.10. The van der Waals surface area contributed by atoms with Crippen molar-refractivity contribution in [3.05, 3.63) is 77.7 Å². The first kappa shape index (κ1) is 26.4. The molecule has 3 aromatic rings. The summed E-state index contributed by atoms with van der Waals surface area (Å²) < 4.78 is 17.7. The average Bonchev–Trinajstić information content (AvgIpc) is 3.36. The van der Waals surface area contributed by atoms with Gasteiger partial charge in [-0.2, -0.15) is 0 Å². The van der Waals surface area contributed by atoms with E-state index in [1.807, 2.05) is 81.4 Å². The first-order chi connectivity index (χ1) is 17.8. The van der Waals surface area contributed by atoms with E-state index in [9.17, 15) is 9.59 Å². The van der Waals surface area contributed by atoms with E-state index in [0.29, 0.717) is 19.0 Å². The Balaban J connectivity index is 1.63. The molecule has 8 heteroatoms. The van der Waals surface area contributed by atoms with Gasteiger partial charge in [0.25, 0.3) is 5.91 Å². The Bertz CT molecular complexity index is 1170. The van der Waals surface area contributed by atoms with Gasteiger partial charge in [-0.3, -0.25) is 4.79 Å². The zero-order chi connectivity index (χ0) is 26.3. The third-order valence-corrected chi connectivity index (χ3v) is 6.02. The molecule has 1 fully saturated rings. The van der Waals surface area contributed by atoms with Gasteiger partial charge in [-0.15, -0.1) is 0 Å². The lowest BCUT2D eigenvalue weighted by molar-refractivity contribution is -0.0175. The van der Waals surface area contributed by atoms with Crippen LogP contribution in [-0.2, 0) is 16.1 Å². The number of carbonyl (C=O) groups excluding carboxylic acids is 2. The number of oxazole rings is 1. The third-order valence-electron chi connectivity index (χ3n) is 6.02. The second-order valence-electron chi connectivity index (χ2n) is 10.1. The van der Waals surface area contributed by atoms with Crippen molar-refractivity contribution in [2.75, 3.05) is 19.7 Å². The van der Waals surface area contributed by atoms with Gasteiger partial charge in [-0.1, -0.05) is 48.5 Å². The first-order valence-electron chi connectivity index (χ1n) is 12.8. The smallest absolute Gasteiger partial charge is 0.408 e. The monoisotopic (exact) mass is 505 g/mol. The topological polar surface area (TPSA) is 93.9 Å². The summed E-state index contributed by atoms with van der Waals surface area (Å²) in [5, 5.41) is 2.85. The Morgan fingerprint density at radius 2 is 1.65 bits per heavy atom. The lowest BCUT2D eigenvalue weighted by Crippen LogP contribution is -2.38. The van der Waals surface area contributed by atoms with Gasteiger partial charge in [0.15, 0.2) is 11.5 Å². The van der Waals surface area contributed by atoms with Gasteiger partial charge < -0.3 is 24.1 Å². The number of alkyl carbamates (subject to hydrolysis) is 1. The number of ether oxygens (including phenoxy) is 2. The summed E-state index contributed by atoms with van der Waals surface area (Å²) in [6.45, 7) is 7.30. The van der Waals surface area contributed by atoms with Crippen LogP contribution >= 0.6 is 0 Å². The molecule has 0 spiro atoms. The van der Waals surface area contributed by atoms with Gasteiger partial charge >= 0.3 is 6.09 Å². The molecule has 2 aromatic carbocycles. The van der Waals surface area contributed by atoms with Crippen molar-refractivity contribution in [1.82, 2.24) is 15.2 Å². The van der Waals surface area contributed by atoms with Crippen molar-refractivity contribution in [2.24, 2.45) is 0 Å². The lowest BCUT2D eigenvalue weighted by Gasteiger charge is -2.27. The Labute approximate surface area is 218 Å². The molecular formula is C29H35N3O5. The highest BCUT2D eigenvalue weighted by molar-refractivity contribution is 5.94. The molecular weight excluding hydrogens is 470 g/mol. The van der Waals surface area contributed by atoms with E-state index in [0.717, 1.165) is 30.4 Å². The van der Waals surface area contributed by atoms with Gasteiger partial charge in [0.1, 0.15) is 12.6 Å². The number of hydrogen-bond donors (Lipinski definition) is 1. The fourth-order valence-corrected chi connectivity index (χ4v) is 4.10.